The molecule has 5 heteroatoms. The molecule has 0 unspecified atom stereocenters. The van der Waals surface area contributed by atoms with Crippen LogP contribution in [-0.4, -0.2) is 58.6 Å². The molecule has 0 bridgehead atoms. The van der Waals surface area contributed by atoms with Crippen LogP contribution in [0.4, 0.5) is 5.82 Å². The molecular formula is C13H20N4S. The van der Waals surface area contributed by atoms with Crippen LogP contribution in [-0.2, 0) is 0 Å². The van der Waals surface area contributed by atoms with Crippen LogP contribution in [0.25, 0.3) is 0 Å². The molecule has 3 heterocycles. The van der Waals surface area contributed by atoms with Gasteiger partial charge in [0.15, 0.2) is 0 Å². The lowest BCUT2D eigenvalue weighted by atomic mass is 10.0. The van der Waals surface area contributed by atoms with Crippen LogP contribution >= 0.6 is 11.8 Å². The molecule has 98 valence electrons. The Bertz CT molecular complexity index is 359. The second-order valence-electron chi connectivity index (χ2n) is 4.93. The summed E-state index contributed by atoms with van der Waals surface area (Å²) in [6.07, 6.45) is 7.92. The minimum absolute atomic E-state index is 0.791. The van der Waals surface area contributed by atoms with Crippen LogP contribution in [0.1, 0.15) is 12.8 Å². The van der Waals surface area contributed by atoms with Gasteiger partial charge in [0.25, 0.3) is 0 Å². The monoisotopic (exact) mass is 264 g/mol. The van der Waals surface area contributed by atoms with Crippen molar-refractivity contribution in [3.63, 3.8) is 0 Å². The van der Waals surface area contributed by atoms with Crippen LogP contribution in [0.2, 0.25) is 0 Å². The van der Waals surface area contributed by atoms with Crippen molar-refractivity contribution >= 4 is 17.6 Å². The first-order valence-corrected chi connectivity index (χ1v) is 7.92. The van der Waals surface area contributed by atoms with E-state index >= 15 is 0 Å². The number of hydrogen-bond donors (Lipinski definition) is 0. The van der Waals surface area contributed by atoms with Gasteiger partial charge in [-0.3, -0.25) is 9.88 Å². The quantitative estimate of drug-likeness (QED) is 0.808. The van der Waals surface area contributed by atoms with Crippen LogP contribution in [0.5, 0.6) is 0 Å². The van der Waals surface area contributed by atoms with Crippen molar-refractivity contribution in [2.75, 3.05) is 42.6 Å². The predicted octanol–water partition coefficient (Wildman–Crippen LogP) is 1.49. The Morgan fingerprint density at radius 3 is 2.50 bits per heavy atom. The minimum Gasteiger partial charge on any atom is -0.355 e. The molecule has 0 N–H and O–H groups in total. The first-order valence-electron chi connectivity index (χ1n) is 6.76. The van der Waals surface area contributed by atoms with E-state index in [-0.39, 0.29) is 0 Å². The zero-order valence-electron chi connectivity index (χ0n) is 10.7. The Hall–Kier alpha value is -0.810. The molecule has 0 amide bonds. The zero-order valence-corrected chi connectivity index (χ0v) is 11.5. The summed E-state index contributed by atoms with van der Waals surface area (Å²) in [5, 5.41) is 0. The average molecular weight is 264 g/mol. The minimum atomic E-state index is 0.791. The van der Waals surface area contributed by atoms with Crippen molar-refractivity contribution in [2.45, 2.75) is 18.9 Å². The van der Waals surface area contributed by atoms with Gasteiger partial charge in [-0.1, -0.05) is 0 Å². The van der Waals surface area contributed by atoms with E-state index in [4.69, 9.17) is 0 Å². The topological polar surface area (TPSA) is 32.3 Å². The zero-order chi connectivity index (χ0) is 12.2. The molecule has 1 aromatic rings. The van der Waals surface area contributed by atoms with E-state index in [1.165, 1.54) is 37.4 Å². The first-order chi connectivity index (χ1) is 8.93. The van der Waals surface area contributed by atoms with Gasteiger partial charge in [-0.15, -0.1) is 0 Å². The molecule has 1 aromatic heterocycles. The fourth-order valence-electron chi connectivity index (χ4n) is 2.86. The van der Waals surface area contributed by atoms with Gasteiger partial charge < -0.3 is 4.90 Å². The molecule has 2 saturated heterocycles. The summed E-state index contributed by atoms with van der Waals surface area (Å²) in [4.78, 5) is 13.6. The van der Waals surface area contributed by atoms with Gasteiger partial charge in [0, 0.05) is 56.1 Å². The number of anilines is 1. The fourth-order valence-corrected chi connectivity index (χ4v) is 3.79. The Kier molecular flexibility index (Phi) is 4.00. The molecule has 4 nitrogen and oxygen atoms in total. The van der Waals surface area contributed by atoms with Gasteiger partial charge >= 0.3 is 0 Å². The van der Waals surface area contributed by atoms with E-state index in [1.54, 1.807) is 12.4 Å². The summed E-state index contributed by atoms with van der Waals surface area (Å²) in [6.45, 7) is 4.79. The predicted molar refractivity (Wildman–Crippen MR) is 76.2 cm³/mol. The highest BCUT2D eigenvalue weighted by Crippen LogP contribution is 2.22. The second-order valence-corrected chi connectivity index (χ2v) is 6.15. The average Bonchev–Trinajstić information content (AvgIpc) is 2.49. The molecular weight excluding hydrogens is 244 g/mol. The van der Waals surface area contributed by atoms with Crippen molar-refractivity contribution in [1.82, 2.24) is 14.9 Å². The molecule has 2 fully saturated rings. The number of aromatic nitrogens is 2. The number of hydrogen-bond acceptors (Lipinski definition) is 5. The molecule has 0 aromatic carbocycles. The second kappa shape index (κ2) is 5.89. The highest BCUT2D eigenvalue weighted by molar-refractivity contribution is 7.99. The Labute approximate surface area is 113 Å². The normalized spacial score (nSPS) is 23.2. The number of nitrogens with zero attached hydrogens (tertiary/aromatic N) is 4. The highest BCUT2D eigenvalue weighted by Gasteiger charge is 2.26. The Morgan fingerprint density at radius 2 is 1.83 bits per heavy atom. The third-order valence-corrected chi connectivity index (χ3v) is 4.84. The number of thioether (sulfide) groups is 1. The third-order valence-electron chi connectivity index (χ3n) is 3.90. The lowest BCUT2D eigenvalue weighted by molar-refractivity contribution is 0.185. The smallest absolute Gasteiger partial charge is 0.147 e. The summed E-state index contributed by atoms with van der Waals surface area (Å²) >= 11 is 2.09. The van der Waals surface area contributed by atoms with Crippen molar-refractivity contribution in [1.29, 1.82) is 0 Å². The van der Waals surface area contributed by atoms with Crippen molar-refractivity contribution in [3.8, 4) is 0 Å². The number of piperidine rings is 1. The fraction of sp³-hybridized carbons (Fsp3) is 0.692. The van der Waals surface area contributed by atoms with Crippen LogP contribution in [0.3, 0.4) is 0 Å². The van der Waals surface area contributed by atoms with Gasteiger partial charge in [-0.25, -0.2) is 4.98 Å². The summed E-state index contributed by atoms with van der Waals surface area (Å²) < 4.78 is 0. The molecule has 0 radical (unpaired) electrons. The van der Waals surface area contributed by atoms with Gasteiger partial charge in [0.2, 0.25) is 0 Å². The molecule has 2 aliphatic heterocycles. The van der Waals surface area contributed by atoms with Crippen LogP contribution in [0.15, 0.2) is 18.6 Å². The maximum absolute atomic E-state index is 4.39. The first kappa shape index (κ1) is 12.2. The van der Waals surface area contributed by atoms with E-state index in [9.17, 15) is 0 Å². The van der Waals surface area contributed by atoms with Crippen molar-refractivity contribution in [3.05, 3.63) is 18.6 Å². The van der Waals surface area contributed by atoms with Gasteiger partial charge in [-0.2, -0.15) is 11.8 Å². The van der Waals surface area contributed by atoms with E-state index in [2.05, 4.69) is 31.5 Å². The maximum Gasteiger partial charge on any atom is 0.147 e. The van der Waals surface area contributed by atoms with Gasteiger partial charge in [0.1, 0.15) is 5.82 Å². The van der Waals surface area contributed by atoms with Crippen LogP contribution < -0.4 is 4.90 Å². The summed E-state index contributed by atoms with van der Waals surface area (Å²) in [5.74, 6) is 3.65. The molecule has 0 aliphatic carbocycles. The third kappa shape index (κ3) is 2.78. The highest BCUT2D eigenvalue weighted by atomic mass is 32.2. The maximum atomic E-state index is 4.39. The summed E-state index contributed by atoms with van der Waals surface area (Å²) in [7, 11) is 0. The van der Waals surface area contributed by atoms with Crippen molar-refractivity contribution < 1.29 is 0 Å². The van der Waals surface area contributed by atoms with E-state index in [0.717, 1.165) is 24.9 Å². The van der Waals surface area contributed by atoms with E-state index in [1.807, 2.05) is 6.20 Å². The summed E-state index contributed by atoms with van der Waals surface area (Å²) in [6, 6.07) is 0.791. The van der Waals surface area contributed by atoms with Gasteiger partial charge in [0.05, 0.1) is 6.20 Å². The molecule has 2 aliphatic rings. The standard InChI is InChI=1S/C13H20N4S/c1-5-17(13-11-14-3-4-15-13)6-2-12(1)16-7-9-18-10-8-16/h3-4,11-12H,1-2,5-10H2. The van der Waals surface area contributed by atoms with Crippen LogP contribution in [0, 0.1) is 0 Å². The number of rotatable bonds is 2. The lowest BCUT2D eigenvalue weighted by Crippen LogP contribution is -2.48. The molecule has 0 atom stereocenters. The molecule has 0 saturated carbocycles. The largest absolute Gasteiger partial charge is 0.355 e. The van der Waals surface area contributed by atoms with E-state index in [0.29, 0.717) is 0 Å². The van der Waals surface area contributed by atoms with Gasteiger partial charge in [-0.05, 0) is 12.8 Å². The van der Waals surface area contributed by atoms with Crippen molar-refractivity contribution in [2.24, 2.45) is 0 Å². The van der Waals surface area contributed by atoms with E-state index < -0.39 is 0 Å². The Balaban J connectivity index is 1.54. The summed E-state index contributed by atoms with van der Waals surface area (Å²) in [5.41, 5.74) is 0. The SMILES string of the molecule is c1cnc(N2CCC(N3CCSCC3)CC2)cn1. The lowest BCUT2D eigenvalue weighted by Gasteiger charge is -2.40. The molecule has 0 spiro atoms. The molecule has 3 rings (SSSR count). The molecule has 18 heavy (non-hydrogen) atoms. The Morgan fingerprint density at radius 1 is 1.06 bits per heavy atom.